The third-order valence-electron chi connectivity index (χ3n) is 7.06. The summed E-state index contributed by atoms with van der Waals surface area (Å²) in [6.45, 7) is 4.34. The Bertz CT molecular complexity index is 1510. The Labute approximate surface area is 275 Å². The van der Waals surface area contributed by atoms with Gasteiger partial charge in [-0.05, 0) is 82.6 Å². The van der Waals surface area contributed by atoms with Gasteiger partial charge in [0.2, 0.25) is 0 Å². The topological polar surface area (TPSA) is 114 Å². The van der Waals surface area contributed by atoms with Gasteiger partial charge in [0.1, 0.15) is 20.2 Å². The first-order valence-corrected chi connectivity index (χ1v) is 16.8. The van der Waals surface area contributed by atoms with E-state index in [1.807, 2.05) is 36.4 Å². The molecule has 0 bridgehead atoms. The minimum atomic E-state index is -4.39. The number of rotatable bonds is 12. The molecular formula is C32H38CaO6S2. The van der Waals surface area contributed by atoms with Crippen molar-refractivity contribution in [1.82, 2.24) is 0 Å². The summed E-state index contributed by atoms with van der Waals surface area (Å²) in [5.41, 5.74) is 2.23. The Balaban J connectivity index is 0.000000280. The smallest absolute Gasteiger partial charge is 0.744 e. The second-order valence-corrected chi connectivity index (χ2v) is 12.9. The van der Waals surface area contributed by atoms with Crippen LogP contribution in [0.25, 0.3) is 21.5 Å². The maximum Gasteiger partial charge on any atom is 2.00 e. The first-order valence-electron chi connectivity index (χ1n) is 14.0. The SMILES string of the molecule is CCCCCCc1cccc2ccc(S(=O)(=O)[O-])cc12.CCCCCCc1cccc2ccc(S(=O)(=O)[O-])cc12.[Ca+2]. The molecule has 0 aliphatic rings. The van der Waals surface area contributed by atoms with Crippen LogP contribution in [0.4, 0.5) is 0 Å². The van der Waals surface area contributed by atoms with Crippen molar-refractivity contribution in [3.8, 4) is 0 Å². The van der Waals surface area contributed by atoms with E-state index in [1.54, 1.807) is 12.1 Å². The van der Waals surface area contributed by atoms with E-state index < -0.39 is 20.2 Å². The first kappa shape index (κ1) is 35.7. The van der Waals surface area contributed by atoms with Crippen molar-refractivity contribution in [1.29, 1.82) is 0 Å². The van der Waals surface area contributed by atoms with Gasteiger partial charge in [-0.25, -0.2) is 16.8 Å². The Morgan fingerprint density at radius 2 is 0.927 bits per heavy atom. The predicted octanol–water partition coefficient (Wildman–Crippen LogP) is 7.35. The van der Waals surface area contributed by atoms with E-state index in [-0.39, 0.29) is 47.5 Å². The van der Waals surface area contributed by atoms with Crippen LogP contribution in [0.2, 0.25) is 0 Å². The first-order chi connectivity index (χ1) is 19.0. The van der Waals surface area contributed by atoms with Gasteiger partial charge >= 0.3 is 37.7 Å². The van der Waals surface area contributed by atoms with Gasteiger partial charge in [-0.1, -0.05) is 101 Å². The molecule has 0 N–H and O–H groups in total. The van der Waals surface area contributed by atoms with Crippen molar-refractivity contribution in [3.63, 3.8) is 0 Å². The molecule has 0 aliphatic carbocycles. The van der Waals surface area contributed by atoms with Gasteiger partial charge in [0, 0.05) is 0 Å². The summed E-state index contributed by atoms with van der Waals surface area (Å²) >= 11 is 0. The van der Waals surface area contributed by atoms with Gasteiger partial charge in [-0.15, -0.1) is 0 Å². The van der Waals surface area contributed by atoms with Crippen LogP contribution in [0.1, 0.15) is 76.3 Å². The molecule has 6 nitrogen and oxygen atoms in total. The number of hydrogen-bond donors (Lipinski definition) is 0. The molecule has 0 unspecified atom stereocenters. The average molecular weight is 623 g/mol. The van der Waals surface area contributed by atoms with Crippen molar-refractivity contribution < 1.29 is 25.9 Å². The van der Waals surface area contributed by atoms with Crippen molar-refractivity contribution in [3.05, 3.63) is 83.9 Å². The minimum absolute atomic E-state index is 0. The summed E-state index contributed by atoms with van der Waals surface area (Å²) in [7, 11) is -8.78. The third kappa shape index (κ3) is 10.9. The largest absolute Gasteiger partial charge is 2.00 e. The van der Waals surface area contributed by atoms with Crippen LogP contribution >= 0.6 is 0 Å². The average Bonchev–Trinajstić information content (AvgIpc) is 2.92. The van der Waals surface area contributed by atoms with E-state index in [4.69, 9.17) is 0 Å². The van der Waals surface area contributed by atoms with Crippen LogP contribution in [0.5, 0.6) is 0 Å². The normalized spacial score (nSPS) is 11.6. The summed E-state index contributed by atoms with van der Waals surface area (Å²) in [5.74, 6) is 0. The van der Waals surface area contributed by atoms with Gasteiger partial charge in [-0.2, -0.15) is 0 Å². The standard InChI is InChI=1S/2C16H20O3S.Ca/c2*1-2-3-4-5-7-13-8-6-9-14-10-11-15(12-16(13)14)20(17,18)19;/h2*6,8-12H,2-5,7H2,1H3,(H,17,18,19);/q;;+2/p-2. The molecule has 0 spiro atoms. The molecule has 0 aromatic heterocycles. The molecule has 0 amide bonds. The molecule has 41 heavy (non-hydrogen) atoms. The van der Waals surface area contributed by atoms with E-state index in [1.165, 1.54) is 62.8 Å². The quantitative estimate of drug-likeness (QED) is 0.0927. The molecular weight excluding hydrogens is 585 g/mol. The summed E-state index contributed by atoms with van der Waals surface area (Å²) in [4.78, 5) is -0.294. The number of unbranched alkanes of at least 4 members (excludes halogenated alkanes) is 6. The van der Waals surface area contributed by atoms with Gasteiger partial charge in [0.05, 0.1) is 9.79 Å². The second-order valence-electron chi connectivity index (χ2n) is 10.1. The fourth-order valence-corrected chi connectivity index (χ4v) is 5.86. The number of benzene rings is 4. The van der Waals surface area contributed by atoms with Crippen LogP contribution in [0.15, 0.2) is 82.6 Å². The fourth-order valence-electron chi connectivity index (χ4n) is 4.86. The second kappa shape index (κ2) is 16.9. The maximum atomic E-state index is 11.1. The number of aryl methyl sites for hydroxylation is 2. The van der Waals surface area contributed by atoms with Crippen LogP contribution in [0, 0.1) is 0 Å². The van der Waals surface area contributed by atoms with Crippen LogP contribution in [0.3, 0.4) is 0 Å². The molecule has 4 aromatic carbocycles. The van der Waals surface area contributed by atoms with E-state index in [0.29, 0.717) is 0 Å². The van der Waals surface area contributed by atoms with Crippen molar-refractivity contribution in [2.45, 2.75) is 87.8 Å². The van der Waals surface area contributed by atoms with Gasteiger partial charge < -0.3 is 9.11 Å². The Morgan fingerprint density at radius 1 is 0.537 bits per heavy atom. The van der Waals surface area contributed by atoms with Gasteiger partial charge in [0.15, 0.2) is 0 Å². The molecule has 0 fully saturated rings. The Morgan fingerprint density at radius 3 is 1.27 bits per heavy atom. The van der Waals surface area contributed by atoms with Crippen LogP contribution in [-0.2, 0) is 33.1 Å². The minimum Gasteiger partial charge on any atom is -0.744 e. The van der Waals surface area contributed by atoms with Crippen LogP contribution < -0.4 is 0 Å². The summed E-state index contributed by atoms with van der Waals surface area (Å²) in [5, 5.41) is 3.71. The maximum absolute atomic E-state index is 11.1. The van der Waals surface area contributed by atoms with E-state index in [0.717, 1.165) is 58.4 Å². The molecule has 216 valence electrons. The third-order valence-corrected chi connectivity index (χ3v) is 8.73. The zero-order valence-electron chi connectivity index (χ0n) is 24.0. The van der Waals surface area contributed by atoms with E-state index in [9.17, 15) is 25.9 Å². The van der Waals surface area contributed by atoms with Crippen LogP contribution in [-0.4, -0.2) is 63.7 Å². The summed E-state index contributed by atoms with van der Waals surface area (Å²) in [6.07, 6.45) is 11.2. The zero-order valence-corrected chi connectivity index (χ0v) is 27.8. The zero-order chi connectivity index (χ0) is 29.2. The molecule has 0 aliphatic heterocycles. The Hall–Kier alpha value is -1.52. The molecule has 0 heterocycles. The van der Waals surface area contributed by atoms with Gasteiger partial charge in [0.25, 0.3) is 0 Å². The molecule has 0 atom stereocenters. The van der Waals surface area contributed by atoms with E-state index in [2.05, 4.69) is 13.8 Å². The molecule has 0 radical (unpaired) electrons. The molecule has 9 heteroatoms. The van der Waals surface area contributed by atoms with E-state index >= 15 is 0 Å². The van der Waals surface area contributed by atoms with Crippen molar-refractivity contribution in [2.24, 2.45) is 0 Å². The molecule has 4 aromatic rings. The predicted molar refractivity (Wildman–Crippen MR) is 165 cm³/mol. The van der Waals surface area contributed by atoms with Gasteiger partial charge in [-0.3, -0.25) is 0 Å². The monoisotopic (exact) mass is 622 g/mol. The summed E-state index contributed by atoms with van der Waals surface area (Å²) < 4.78 is 66.8. The Kier molecular flexibility index (Phi) is 14.7. The summed E-state index contributed by atoms with van der Waals surface area (Å²) in [6, 6.07) is 21.0. The number of fused-ring (bicyclic) bond motifs is 2. The molecule has 4 rings (SSSR count). The fraction of sp³-hybridized carbons (Fsp3) is 0.375. The van der Waals surface area contributed by atoms with Crippen molar-refractivity contribution >= 4 is 79.5 Å². The van der Waals surface area contributed by atoms with Crippen molar-refractivity contribution in [2.75, 3.05) is 0 Å². The molecule has 0 saturated carbocycles. The number of hydrogen-bond acceptors (Lipinski definition) is 6. The molecule has 0 saturated heterocycles.